The van der Waals surface area contributed by atoms with Crippen LogP contribution >= 0.6 is 15.9 Å². The Labute approximate surface area is 124 Å². The second-order valence-electron chi connectivity index (χ2n) is 5.16. The van der Waals surface area contributed by atoms with Gasteiger partial charge in [-0.05, 0) is 56.0 Å². The molecule has 2 aromatic carbocycles. The van der Waals surface area contributed by atoms with Crippen molar-refractivity contribution in [2.75, 3.05) is 5.32 Å². The number of benzene rings is 2. The topological polar surface area (TPSA) is 12.0 Å². The molecule has 0 heterocycles. The van der Waals surface area contributed by atoms with Gasteiger partial charge in [0.25, 0.3) is 0 Å². The van der Waals surface area contributed by atoms with Crippen LogP contribution in [0.15, 0.2) is 46.9 Å². The van der Waals surface area contributed by atoms with Crippen molar-refractivity contribution >= 4 is 21.6 Å². The van der Waals surface area contributed by atoms with Crippen molar-refractivity contribution in [3.63, 3.8) is 0 Å². The Bertz CT molecular complexity index is 525. The minimum Gasteiger partial charge on any atom is -0.382 e. The summed E-state index contributed by atoms with van der Waals surface area (Å²) in [6.07, 6.45) is 1.04. The molecular weight excluding hydrogens is 298 g/mol. The first-order chi connectivity index (χ1) is 9.06. The first-order valence-corrected chi connectivity index (χ1v) is 7.43. The van der Waals surface area contributed by atoms with Crippen LogP contribution in [0.4, 0.5) is 5.69 Å². The van der Waals surface area contributed by atoms with Crippen LogP contribution in [-0.2, 0) is 6.42 Å². The van der Waals surface area contributed by atoms with Gasteiger partial charge in [-0.2, -0.15) is 0 Å². The molecule has 2 heteroatoms. The van der Waals surface area contributed by atoms with Crippen LogP contribution in [0.1, 0.15) is 23.6 Å². The zero-order chi connectivity index (χ0) is 13.8. The van der Waals surface area contributed by atoms with E-state index in [4.69, 9.17) is 0 Å². The zero-order valence-corrected chi connectivity index (χ0v) is 13.3. The van der Waals surface area contributed by atoms with E-state index >= 15 is 0 Å². The number of nitrogens with one attached hydrogen (secondary N) is 1. The van der Waals surface area contributed by atoms with Gasteiger partial charge in [-0.25, -0.2) is 0 Å². The highest BCUT2D eigenvalue weighted by Crippen LogP contribution is 2.25. The average Bonchev–Trinajstić information content (AvgIpc) is 2.37. The Kier molecular flexibility index (Phi) is 4.65. The lowest BCUT2D eigenvalue weighted by Crippen LogP contribution is -2.18. The van der Waals surface area contributed by atoms with E-state index in [0.29, 0.717) is 6.04 Å². The van der Waals surface area contributed by atoms with Gasteiger partial charge in [0.15, 0.2) is 0 Å². The lowest BCUT2D eigenvalue weighted by atomic mass is 10.1. The minimum atomic E-state index is 0.419. The quantitative estimate of drug-likeness (QED) is 0.826. The molecular formula is C17H20BrN. The van der Waals surface area contributed by atoms with Gasteiger partial charge in [-0.1, -0.05) is 46.3 Å². The van der Waals surface area contributed by atoms with E-state index < -0.39 is 0 Å². The van der Waals surface area contributed by atoms with E-state index in [0.717, 1.165) is 6.42 Å². The van der Waals surface area contributed by atoms with Crippen LogP contribution in [0.25, 0.3) is 0 Å². The fourth-order valence-corrected chi connectivity index (χ4v) is 2.56. The Morgan fingerprint density at radius 1 is 1.05 bits per heavy atom. The van der Waals surface area contributed by atoms with Crippen LogP contribution in [-0.4, -0.2) is 6.04 Å². The number of rotatable bonds is 4. The smallest absolute Gasteiger partial charge is 0.0348 e. The highest BCUT2D eigenvalue weighted by atomic mass is 79.9. The maximum Gasteiger partial charge on any atom is 0.0348 e. The first kappa shape index (κ1) is 14.1. The van der Waals surface area contributed by atoms with Gasteiger partial charge in [0.1, 0.15) is 0 Å². The van der Waals surface area contributed by atoms with E-state index in [1.165, 1.54) is 26.9 Å². The Morgan fingerprint density at radius 3 is 2.21 bits per heavy atom. The summed E-state index contributed by atoms with van der Waals surface area (Å²) in [6, 6.07) is 15.4. The summed E-state index contributed by atoms with van der Waals surface area (Å²) in [5, 5.41) is 3.58. The lowest BCUT2D eigenvalue weighted by Gasteiger charge is -2.17. The van der Waals surface area contributed by atoms with Gasteiger partial charge in [-0.3, -0.25) is 0 Å². The van der Waals surface area contributed by atoms with E-state index in [1.807, 2.05) is 0 Å². The van der Waals surface area contributed by atoms with Crippen LogP contribution in [0.3, 0.4) is 0 Å². The summed E-state index contributed by atoms with van der Waals surface area (Å²) in [5.41, 5.74) is 5.11. The third-order valence-corrected chi connectivity index (χ3v) is 4.49. The van der Waals surface area contributed by atoms with E-state index in [9.17, 15) is 0 Å². The van der Waals surface area contributed by atoms with Crippen molar-refractivity contribution in [3.05, 3.63) is 63.6 Å². The van der Waals surface area contributed by atoms with Crippen molar-refractivity contribution in [2.45, 2.75) is 33.2 Å². The molecule has 0 fully saturated rings. The van der Waals surface area contributed by atoms with Gasteiger partial charge in [-0.15, -0.1) is 0 Å². The molecule has 2 aromatic rings. The molecule has 0 radical (unpaired) electrons. The number of halogens is 1. The Morgan fingerprint density at radius 2 is 1.63 bits per heavy atom. The van der Waals surface area contributed by atoms with Crippen LogP contribution in [0.5, 0.6) is 0 Å². The predicted molar refractivity (Wildman–Crippen MR) is 86.8 cm³/mol. The molecule has 0 saturated heterocycles. The summed E-state index contributed by atoms with van der Waals surface area (Å²) < 4.78 is 1.20. The number of hydrogen-bond donors (Lipinski definition) is 1. The molecule has 2 rings (SSSR count). The predicted octanol–water partition coefficient (Wildman–Crippen LogP) is 5.11. The molecule has 1 N–H and O–H groups in total. The van der Waals surface area contributed by atoms with Gasteiger partial charge in [0.2, 0.25) is 0 Å². The monoisotopic (exact) mass is 317 g/mol. The molecule has 0 spiro atoms. The van der Waals surface area contributed by atoms with E-state index in [1.54, 1.807) is 0 Å². The van der Waals surface area contributed by atoms with E-state index in [-0.39, 0.29) is 0 Å². The molecule has 0 bridgehead atoms. The minimum absolute atomic E-state index is 0.419. The fraction of sp³-hybridized carbons (Fsp3) is 0.294. The normalized spacial score (nSPS) is 12.2. The standard InChI is InChI=1S/C17H20BrN/c1-12-9-16(10-13(2)17(12)18)19-14(3)11-15-7-5-4-6-8-15/h4-10,14,19H,11H2,1-3H3. The molecule has 1 unspecified atom stereocenters. The van der Waals surface area contributed by atoms with Gasteiger partial charge < -0.3 is 5.32 Å². The van der Waals surface area contributed by atoms with Crippen molar-refractivity contribution in [1.82, 2.24) is 0 Å². The van der Waals surface area contributed by atoms with Gasteiger partial charge >= 0.3 is 0 Å². The molecule has 0 saturated carbocycles. The maximum absolute atomic E-state index is 3.61. The number of hydrogen-bond acceptors (Lipinski definition) is 1. The summed E-state index contributed by atoms with van der Waals surface area (Å²) in [6.45, 7) is 6.48. The lowest BCUT2D eigenvalue weighted by molar-refractivity contribution is 0.790. The summed E-state index contributed by atoms with van der Waals surface area (Å²) in [5.74, 6) is 0. The van der Waals surface area contributed by atoms with Gasteiger partial charge in [0, 0.05) is 16.2 Å². The Balaban J connectivity index is 2.05. The molecule has 0 aliphatic heterocycles. The van der Waals surface area contributed by atoms with Crippen molar-refractivity contribution in [3.8, 4) is 0 Å². The zero-order valence-electron chi connectivity index (χ0n) is 11.7. The highest BCUT2D eigenvalue weighted by molar-refractivity contribution is 9.10. The van der Waals surface area contributed by atoms with Gasteiger partial charge in [0.05, 0.1) is 0 Å². The molecule has 1 atom stereocenters. The number of aryl methyl sites for hydroxylation is 2. The van der Waals surface area contributed by atoms with E-state index in [2.05, 4.69) is 84.5 Å². The molecule has 0 amide bonds. The Hall–Kier alpha value is -1.28. The van der Waals surface area contributed by atoms with Crippen LogP contribution in [0.2, 0.25) is 0 Å². The molecule has 0 aliphatic rings. The van der Waals surface area contributed by atoms with Crippen molar-refractivity contribution < 1.29 is 0 Å². The SMILES string of the molecule is Cc1cc(NC(C)Cc2ccccc2)cc(C)c1Br. The largest absolute Gasteiger partial charge is 0.382 e. The molecule has 0 aromatic heterocycles. The second-order valence-corrected chi connectivity index (χ2v) is 5.95. The maximum atomic E-state index is 3.61. The molecule has 0 aliphatic carbocycles. The molecule has 100 valence electrons. The van der Waals surface area contributed by atoms with Crippen molar-refractivity contribution in [1.29, 1.82) is 0 Å². The summed E-state index contributed by atoms with van der Waals surface area (Å²) in [7, 11) is 0. The third-order valence-electron chi connectivity index (χ3n) is 3.23. The average molecular weight is 318 g/mol. The fourth-order valence-electron chi connectivity index (χ4n) is 2.33. The summed E-state index contributed by atoms with van der Waals surface area (Å²) >= 11 is 3.61. The third kappa shape index (κ3) is 3.84. The number of anilines is 1. The van der Waals surface area contributed by atoms with Crippen LogP contribution in [0, 0.1) is 13.8 Å². The van der Waals surface area contributed by atoms with Crippen LogP contribution < -0.4 is 5.32 Å². The molecule has 1 nitrogen and oxygen atoms in total. The second kappa shape index (κ2) is 6.25. The van der Waals surface area contributed by atoms with Crippen molar-refractivity contribution in [2.24, 2.45) is 0 Å². The summed E-state index contributed by atoms with van der Waals surface area (Å²) in [4.78, 5) is 0. The first-order valence-electron chi connectivity index (χ1n) is 6.63. The molecule has 19 heavy (non-hydrogen) atoms. The highest BCUT2D eigenvalue weighted by Gasteiger charge is 2.06.